The Bertz CT molecular complexity index is 357. The largest absolute Gasteiger partial charge is 0.387 e. The first-order chi connectivity index (χ1) is 6.97. The van der Waals surface area contributed by atoms with E-state index in [0.717, 1.165) is 0 Å². The molecule has 1 aromatic rings. The quantitative estimate of drug-likeness (QED) is 0.762. The van der Waals surface area contributed by atoms with Crippen molar-refractivity contribution in [3.05, 3.63) is 35.1 Å². The highest BCUT2D eigenvalue weighted by Crippen LogP contribution is 2.23. The van der Waals surface area contributed by atoms with Crippen molar-refractivity contribution in [2.45, 2.75) is 25.5 Å². The molecule has 15 heavy (non-hydrogen) atoms. The highest BCUT2D eigenvalue weighted by molar-refractivity contribution is 5.23. The molecule has 0 aliphatic heterocycles. The number of benzene rings is 1. The van der Waals surface area contributed by atoms with Gasteiger partial charge in [-0.05, 0) is 12.5 Å². The van der Waals surface area contributed by atoms with E-state index in [-0.39, 0.29) is 5.56 Å². The van der Waals surface area contributed by atoms with Gasteiger partial charge in [-0.15, -0.1) is 0 Å². The van der Waals surface area contributed by atoms with Gasteiger partial charge in [-0.25, -0.2) is 13.2 Å². The summed E-state index contributed by atoms with van der Waals surface area (Å²) in [5, 5.41) is 9.53. The molecule has 84 valence electrons. The van der Waals surface area contributed by atoms with Gasteiger partial charge in [-0.1, -0.05) is 6.92 Å². The molecule has 0 aliphatic rings. The monoisotopic (exact) mass is 219 g/mol. The summed E-state index contributed by atoms with van der Waals surface area (Å²) in [5.41, 5.74) is 5.16. The first kappa shape index (κ1) is 12.0. The Morgan fingerprint density at radius 1 is 1.20 bits per heavy atom. The molecule has 2 atom stereocenters. The molecule has 0 fully saturated rings. The molecule has 3 N–H and O–H groups in total. The second-order valence-electron chi connectivity index (χ2n) is 3.30. The summed E-state index contributed by atoms with van der Waals surface area (Å²) in [5.74, 6) is -3.48. The predicted octanol–water partition coefficient (Wildman–Crippen LogP) is 1.87. The van der Waals surface area contributed by atoms with E-state index in [0.29, 0.717) is 18.6 Å². The molecule has 0 radical (unpaired) electrons. The van der Waals surface area contributed by atoms with Crippen LogP contribution < -0.4 is 5.73 Å². The molecule has 2 nitrogen and oxygen atoms in total. The number of aliphatic hydroxyl groups excluding tert-OH is 1. The fraction of sp³-hybridized carbons (Fsp3) is 0.400. The minimum absolute atomic E-state index is 0.316. The molecular weight excluding hydrogens is 207 g/mol. The van der Waals surface area contributed by atoms with E-state index >= 15 is 0 Å². The Balaban J connectivity index is 3.09. The molecule has 0 amide bonds. The van der Waals surface area contributed by atoms with Crippen LogP contribution in [0.2, 0.25) is 0 Å². The molecule has 0 saturated carbocycles. The molecule has 0 saturated heterocycles. The Labute approximate surface area is 85.5 Å². The number of halogens is 3. The zero-order chi connectivity index (χ0) is 11.6. The van der Waals surface area contributed by atoms with Crippen molar-refractivity contribution < 1.29 is 18.3 Å². The van der Waals surface area contributed by atoms with Crippen molar-refractivity contribution in [2.24, 2.45) is 5.73 Å². The van der Waals surface area contributed by atoms with Gasteiger partial charge in [0.15, 0.2) is 11.6 Å². The van der Waals surface area contributed by atoms with Gasteiger partial charge in [-0.3, -0.25) is 0 Å². The van der Waals surface area contributed by atoms with Crippen LogP contribution >= 0.6 is 0 Å². The summed E-state index contributed by atoms with van der Waals surface area (Å²) in [7, 11) is 0. The van der Waals surface area contributed by atoms with Crippen molar-refractivity contribution in [2.75, 3.05) is 0 Å². The van der Waals surface area contributed by atoms with Crippen LogP contribution in [-0.2, 0) is 0 Å². The van der Waals surface area contributed by atoms with Gasteiger partial charge >= 0.3 is 0 Å². The Kier molecular flexibility index (Phi) is 3.71. The molecule has 0 aromatic heterocycles. The maximum Gasteiger partial charge on any atom is 0.161 e. The highest BCUT2D eigenvalue weighted by Gasteiger charge is 2.21. The Hall–Kier alpha value is -1.07. The first-order valence-corrected chi connectivity index (χ1v) is 4.55. The highest BCUT2D eigenvalue weighted by atomic mass is 19.2. The zero-order valence-electron chi connectivity index (χ0n) is 8.17. The number of hydrogen-bond acceptors (Lipinski definition) is 2. The number of nitrogens with two attached hydrogens (primary N) is 1. The second-order valence-corrected chi connectivity index (χ2v) is 3.30. The third-order valence-corrected chi connectivity index (χ3v) is 2.24. The fourth-order valence-electron chi connectivity index (χ4n) is 1.22. The van der Waals surface area contributed by atoms with E-state index in [1.165, 1.54) is 0 Å². The summed E-state index contributed by atoms with van der Waals surface area (Å²) in [4.78, 5) is 0. The van der Waals surface area contributed by atoms with Gasteiger partial charge in [-0.2, -0.15) is 0 Å². The van der Waals surface area contributed by atoms with Crippen molar-refractivity contribution in [3.8, 4) is 0 Å². The van der Waals surface area contributed by atoms with Gasteiger partial charge in [0, 0.05) is 17.7 Å². The van der Waals surface area contributed by atoms with Crippen LogP contribution in [0.3, 0.4) is 0 Å². The number of hydrogen-bond donors (Lipinski definition) is 2. The minimum atomic E-state index is -1.33. The summed E-state index contributed by atoms with van der Waals surface area (Å²) < 4.78 is 38.5. The summed E-state index contributed by atoms with van der Waals surface area (Å²) >= 11 is 0. The number of aliphatic hydroxyl groups is 1. The van der Waals surface area contributed by atoms with Crippen molar-refractivity contribution in [1.82, 2.24) is 0 Å². The van der Waals surface area contributed by atoms with Gasteiger partial charge in [0.25, 0.3) is 0 Å². The lowest BCUT2D eigenvalue weighted by Gasteiger charge is -2.18. The van der Waals surface area contributed by atoms with Gasteiger partial charge < -0.3 is 10.8 Å². The minimum Gasteiger partial charge on any atom is -0.387 e. The second kappa shape index (κ2) is 4.63. The average molecular weight is 219 g/mol. The van der Waals surface area contributed by atoms with Gasteiger partial charge in [0.05, 0.1) is 6.10 Å². The Morgan fingerprint density at radius 3 is 2.27 bits per heavy atom. The third kappa shape index (κ3) is 2.49. The van der Waals surface area contributed by atoms with Crippen LogP contribution in [0.25, 0.3) is 0 Å². The molecule has 1 aromatic carbocycles. The lowest BCUT2D eigenvalue weighted by molar-refractivity contribution is 0.139. The van der Waals surface area contributed by atoms with Gasteiger partial charge in [0.2, 0.25) is 0 Å². The maximum absolute atomic E-state index is 13.2. The van der Waals surface area contributed by atoms with Crippen molar-refractivity contribution >= 4 is 0 Å². The maximum atomic E-state index is 13.2. The average Bonchev–Trinajstić information content (AvgIpc) is 2.21. The number of rotatable bonds is 3. The van der Waals surface area contributed by atoms with Crippen LogP contribution in [0, 0.1) is 17.5 Å². The predicted molar refractivity (Wildman–Crippen MR) is 49.5 cm³/mol. The first-order valence-electron chi connectivity index (χ1n) is 4.55. The van der Waals surface area contributed by atoms with Crippen molar-refractivity contribution in [3.63, 3.8) is 0 Å². The normalized spacial score (nSPS) is 15.1. The van der Waals surface area contributed by atoms with Crippen LogP contribution in [-0.4, -0.2) is 11.1 Å². The standard InChI is InChI=1S/C10H12F3NO/c1-2-9(14)10(15)5-3-7(12)8(13)4-6(5)11/h3-4,9-10,15H,2,14H2,1H3. The smallest absolute Gasteiger partial charge is 0.161 e. The van der Waals surface area contributed by atoms with E-state index in [9.17, 15) is 18.3 Å². The molecule has 0 spiro atoms. The van der Waals surface area contributed by atoms with E-state index in [1.54, 1.807) is 6.92 Å². The fourth-order valence-corrected chi connectivity index (χ4v) is 1.22. The van der Waals surface area contributed by atoms with Crippen LogP contribution in [0.15, 0.2) is 12.1 Å². The lowest BCUT2D eigenvalue weighted by atomic mass is 10.0. The molecule has 2 unspecified atom stereocenters. The van der Waals surface area contributed by atoms with E-state index in [1.807, 2.05) is 0 Å². The summed E-state index contributed by atoms with van der Waals surface area (Å²) in [6.45, 7) is 1.70. The van der Waals surface area contributed by atoms with E-state index in [2.05, 4.69) is 0 Å². The van der Waals surface area contributed by atoms with Crippen LogP contribution in [0.1, 0.15) is 25.0 Å². The molecule has 1 rings (SSSR count). The molecular formula is C10H12F3NO. The van der Waals surface area contributed by atoms with Gasteiger partial charge in [0.1, 0.15) is 5.82 Å². The lowest BCUT2D eigenvalue weighted by Crippen LogP contribution is -2.28. The molecule has 0 aliphatic carbocycles. The van der Waals surface area contributed by atoms with E-state index < -0.39 is 29.6 Å². The van der Waals surface area contributed by atoms with Crippen LogP contribution in [0.5, 0.6) is 0 Å². The SMILES string of the molecule is CCC(N)C(O)c1cc(F)c(F)cc1F. The van der Waals surface area contributed by atoms with Crippen molar-refractivity contribution in [1.29, 1.82) is 0 Å². The third-order valence-electron chi connectivity index (χ3n) is 2.24. The van der Waals surface area contributed by atoms with Crippen LogP contribution in [0.4, 0.5) is 13.2 Å². The molecule has 5 heteroatoms. The van der Waals surface area contributed by atoms with E-state index in [4.69, 9.17) is 5.73 Å². The Morgan fingerprint density at radius 2 is 1.73 bits per heavy atom. The summed E-state index contributed by atoms with van der Waals surface area (Å²) in [6.07, 6.45) is -0.926. The topological polar surface area (TPSA) is 46.2 Å². The zero-order valence-corrected chi connectivity index (χ0v) is 8.17. The molecule has 0 bridgehead atoms. The molecule has 0 heterocycles. The summed E-state index contributed by atoms with van der Waals surface area (Å²) in [6, 6.07) is 0.325.